The highest BCUT2D eigenvalue weighted by molar-refractivity contribution is 6.06. The Labute approximate surface area is 278 Å². The van der Waals surface area contributed by atoms with Gasteiger partial charge in [-0.3, -0.25) is 19.9 Å². The van der Waals surface area contributed by atoms with Crippen molar-refractivity contribution in [2.45, 2.75) is 76.4 Å². The van der Waals surface area contributed by atoms with Gasteiger partial charge in [0.15, 0.2) is 0 Å². The van der Waals surface area contributed by atoms with Crippen molar-refractivity contribution in [2.24, 2.45) is 4.99 Å². The van der Waals surface area contributed by atoms with Gasteiger partial charge in [-0.1, -0.05) is 24.8 Å². The molecule has 47 heavy (non-hydrogen) atoms. The molecule has 250 valence electrons. The molecule has 0 bridgehead atoms. The summed E-state index contributed by atoms with van der Waals surface area (Å²) in [5, 5.41) is 24.8. The van der Waals surface area contributed by atoms with Crippen molar-refractivity contribution in [3.8, 4) is 6.07 Å². The number of fused-ring (bicyclic) bond motifs is 2. The summed E-state index contributed by atoms with van der Waals surface area (Å²) in [7, 11) is 5.12. The molecule has 4 rings (SSSR count). The molecule has 1 fully saturated rings. The molecule has 11 heteroatoms. The highest BCUT2D eigenvalue weighted by atomic mass is 16.2. The fraction of sp³-hybridized carbons (Fsp3) is 0.472. The van der Waals surface area contributed by atoms with Crippen LogP contribution in [0.5, 0.6) is 0 Å². The van der Waals surface area contributed by atoms with E-state index in [0.29, 0.717) is 43.6 Å². The van der Waals surface area contributed by atoms with Crippen molar-refractivity contribution in [1.29, 1.82) is 5.26 Å². The molecule has 1 aliphatic heterocycles. The highest BCUT2D eigenvalue weighted by Crippen LogP contribution is 2.45. The summed E-state index contributed by atoms with van der Waals surface area (Å²) in [5.41, 5.74) is 5.26. The SMILES string of the molecule is C=C(NC)c1ccc2c(c1)CCc1cc(C(=O)NC)ccc1C2(C[C@@H](C)NCC(=O)N1CCCC1C#N)C(=NC)NC(=O)NC(C)C. The van der Waals surface area contributed by atoms with Gasteiger partial charge in [-0.15, -0.1) is 0 Å². The van der Waals surface area contributed by atoms with Gasteiger partial charge < -0.3 is 26.2 Å². The van der Waals surface area contributed by atoms with Crippen molar-refractivity contribution < 1.29 is 14.4 Å². The number of likely N-dealkylation sites (tertiary alicyclic amines) is 1. The van der Waals surface area contributed by atoms with E-state index in [2.05, 4.69) is 51.4 Å². The van der Waals surface area contributed by atoms with Crippen LogP contribution in [0.3, 0.4) is 0 Å². The third-order valence-corrected chi connectivity index (χ3v) is 9.15. The van der Waals surface area contributed by atoms with E-state index in [4.69, 9.17) is 4.99 Å². The second-order valence-corrected chi connectivity index (χ2v) is 12.6. The fourth-order valence-corrected chi connectivity index (χ4v) is 6.89. The first kappa shape index (κ1) is 35.2. The number of amidine groups is 1. The van der Waals surface area contributed by atoms with Gasteiger partial charge in [-0.2, -0.15) is 5.26 Å². The zero-order valence-electron chi connectivity index (χ0n) is 28.4. The summed E-state index contributed by atoms with van der Waals surface area (Å²) >= 11 is 0. The quantitative estimate of drug-likeness (QED) is 0.199. The molecule has 3 atom stereocenters. The Morgan fingerprint density at radius 2 is 1.68 bits per heavy atom. The number of urea groups is 1. The third kappa shape index (κ3) is 7.49. The molecule has 5 N–H and O–H groups in total. The van der Waals surface area contributed by atoms with Gasteiger partial charge in [0.1, 0.15) is 11.9 Å². The first-order chi connectivity index (χ1) is 22.5. The number of nitrogens with one attached hydrogen (secondary N) is 5. The van der Waals surface area contributed by atoms with Crippen molar-refractivity contribution >= 4 is 29.4 Å². The number of hydrogen-bond donors (Lipinski definition) is 5. The average Bonchev–Trinajstić information content (AvgIpc) is 3.51. The van der Waals surface area contributed by atoms with Crippen molar-refractivity contribution in [2.75, 3.05) is 34.2 Å². The smallest absolute Gasteiger partial charge is 0.320 e. The van der Waals surface area contributed by atoms with Gasteiger partial charge in [0.25, 0.3) is 5.91 Å². The molecule has 0 spiro atoms. The molecule has 1 aliphatic carbocycles. The molecule has 0 aromatic heterocycles. The normalized spacial score (nSPS) is 19.5. The third-order valence-electron chi connectivity index (χ3n) is 9.15. The first-order valence-corrected chi connectivity index (χ1v) is 16.3. The van der Waals surface area contributed by atoms with E-state index in [0.717, 1.165) is 39.9 Å². The second-order valence-electron chi connectivity index (χ2n) is 12.6. The molecule has 0 radical (unpaired) electrons. The lowest BCUT2D eigenvalue weighted by molar-refractivity contribution is -0.130. The van der Waals surface area contributed by atoms with Crippen LogP contribution in [0.1, 0.15) is 78.2 Å². The van der Waals surface area contributed by atoms with E-state index in [-0.39, 0.29) is 36.5 Å². The van der Waals surface area contributed by atoms with E-state index in [1.807, 2.05) is 52.1 Å². The van der Waals surface area contributed by atoms with Crippen LogP contribution in [0.25, 0.3) is 5.70 Å². The standard InChI is InChI=1S/C36H48N8O3/c1-22(2)42-35(47)43-34(40-7)36(19-23(3)41-21-32(45)44-16-8-9-29(44)20-37)30-14-12-25(24(4)38-5)17-26(30)10-11-27-18-28(33(46)39-6)13-15-31(27)36/h12-15,17-18,22-23,29,38,41H,4,8-11,16,19,21H2,1-3,5-7H3,(H,39,46)(H2,40,42,43,47)/t23-,29?,36?/m1/s1. The van der Waals surface area contributed by atoms with E-state index >= 15 is 0 Å². The Balaban J connectivity index is 1.88. The van der Waals surface area contributed by atoms with Crippen molar-refractivity contribution in [1.82, 2.24) is 31.5 Å². The number of amides is 4. The van der Waals surface area contributed by atoms with Crippen LogP contribution in [0.4, 0.5) is 4.79 Å². The molecule has 0 saturated carbocycles. The number of carbonyl (C=O) groups is 3. The minimum Gasteiger partial charge on any atom is -0.388 e. The molecule has 1 saturated heterocycles. The molecule has 2 aromatic rings. The Bertz CT molecular complexity index is 1520. The Kier molecular flexibility index (Phi) is 11.4. The number of nitrogens with zero attached hydrogens (tertiary/aromatic N) is 3. The number of aryl methyl sites for hydroxylation is 2. The van der Waals surface area contributed by atoms with Gasteiger partial charge in [0.05, 0.1) is 18.0 Å². The first-order valence-electron chi connectivity index (χ1n) is 16.3. The molecule has 11 nitrogen and oxygen atoms in total. The van der Waals surface area contributed by atoms with Crippen LogP contribution in [0, 0.1) is 11.3 Å². The Morgan fingerprint density at radius 3 is 2.26 bits per heavy atom. The summed E-state index contributed by atoms with van der Waals surface area (Å²) < 4.78 is 0. The van der Waals surface area contributed by atoms with Crippen LogP contribution in [0.15, 0.2) is 48.0 Å². The topological polar surface area (TPSA) is 151 Å². The summed E-state index contributed by atoms with van der Waals surface area (Å²) in [6, 6.07) is 13.1. The molecule has 2 unspecified atom stereocenters. The van der Waals surface area contributed by atoms with Gasteiger partial charge >= 0.3 is 6.03 Å². The van der Waals surface area contributed by atoms with E-state index < -0.39 is 11.5 Å². The molecule has 4 amide bonds. The van der Waals surface area contributed by atoms with Gasteiger partial charge in [0.2, 0.25) is 5.91 Å². The Morgan fingerprint density at radius 1 is 1.04 bits per heavy atom. The predicted octanol–water partition coefficient (Wildman–Crippen LogP) is 3.24. The lowest BCUT2D eigenvalue weighted by Gasteiger charge is -2.40. The van der Waals surface area contributed by atoms with Crippen molar-refractivity contribution in [3.63, 3.8) is 0 Å². The zero-order valence-corrected chi connectivity index (χ0v) is 28.4. The maximum absolute atomic E-state index is 13.3. The number of nitriles is 1. The molecule has 2 aliphatic rings. The predicted molar refractivity (Wildman–Crippen MR) is 185 cm³/mol. The highest BCUT2D eigenvalue weighted by Gasteiger charge is 2.46. The van der Waals surface area contributed by atoms with E-state index in [9.17, 15) is 19.6 Å². The number of benzene rings is 2. The number of carbonyl (C=O) groups excluding carboxylic acids is 3. The fourth-order valence-electron chi connectivity index (χ4n) is 6.89. The largest absolute Gasteiger partial charge is 0.388 e. The second kappa shape index (κ2) is 15.3. The summed E-state index contributed by atoms with van der Waals surface area (Å²) in [4.78, 5) is 45.7. The van der Waals surface area contributed by atoms with E-state index in [1.54, 1.807) is 19.0 Å². The minimum atomic E-state index is -0.969. The summed E-state index contributed by atoms with van der Waals surface area (Å²) in [6.45, 7) is 10.6. The summed E-state index contributed by atoms with van der Waals surface area (Å²) in [6.07, 6.45) is 3.28. The number of rotatable bonds is 10. The van der Waals surface area contributed by atoms with Gasteiger partial charge in [0, 0.05) is 51.0 Å². The van der Waals surface area contributed by atoms with Crippen LogP contribution < -0.4 is 26.6 Å². The zero-order chi connectivity index (χ0) is 34.3. The average molecular weight is 641 g/mol. The lowest BCUT2D eigenvalue weighted by atomic mass is 9.67. The Hall–Kier alpha value is -4.69. The molecule has 1 heterocycles. The van der Waals surface area contributed by atoms with Crippen LogP contribution >= 0.6 is 0 Å². The maximum Gasteiger partial charge on any atom is 0.320 e. The molecular formula is C36H48N8O3. The van der Waals surface area contributed by atoms with Gasteiger partial charge in [-0.25, -0.2) is 4.79 Å². The van der Waals surface area contributed by atoms with E-state index in [1.165, 1.54) is 0 Å². The molecular weight excluding hydrogens is 592 g/mol. The van der Waals surface area contributed by atoms with Crippen LogP contribution in [0.2, 0.25) is 0 Å². The van der Waals surface area contributed by atoms with Crippen LogP contribution in [-0.4, -0.2) is 80.9 Å². The minimum absolute atomic E-state index is 0.0749. The van der Waals surface area contributed by atoms with Crippen LogP contribution in [-0.2, 0) is 23.1 Å². The number of aliphatic imine (C=N–C) groups is 1. The monoisotopic (exact) mass is 640 g/mol. The number of hydrogen-bond acceptors (Lipinski definition) is 7. The maximum atomic E-state index is 13.3. The van der Waals surface area contributed by atoms with Gasteiger partial charge in [-0.05, 0) is 98.9 Å². The van der Waals surface area contributed by atoms with Crippen molar-refractivity contribution in [3.05, 3.63) is 76.4 Å². The summed E-state index contributed by atoms with van der Waals surface area (Å²) in [5.74, 6) is 0.163. The molecule has 2 aromatic carbocycles. The lowest BCUT2D eigenvalue weighted by Crippen LogP contribution is -2.54.